The highest BCUT2D eigenvalue weighted by Gasteiger charge is 2.09. The zero-order valence-corrected chi connectivity index (χ0v) is 14.1. The summed E-state index contributed by atoms with van der Waals surface area (Å²) in [6, 6.07) is 10.5. The molecule has 1 atom stereocenters. The smallest absolute Gasteiger partial charge is 0.145 e. The van der Waals surface area contributed by atoms with E-state index in [9.17, 15) is 4.39 Å². The number of hydrogen-bond donors (Lipinski definition) is 1. The van der Waals surface area contributed by atoms with Gasteiger partial charge in [0, 0.05) is 12.1 Å². The first-order valence-electron chi connectivity index (χ1n) is 6.67. The van der Waals surface area contributed by atoms with Crippen LogP contribution < -0.4 is 10.1 Å². The summed E-state index contributed by atoms with van der Waals surface area (Å²) >= 11 is 9.14. The van der Waals surface area contributed by atoms with Gasteiger partial charge in [-0.25, -0.2) is 4.39 Å². The fraction of sp³-hybridized carbons (Fsp3) is 0.250. The highest BCUT2D eigenvalue weighted by atomic mass is 79.9. The molecule has 2 nitrogen and oxygen atoms in total. The van der Waals surface area contributed by atoms with Gasteiger partial charge in [0.25, 0.3) is 0 Å². The molecule has 0 amide bonds. The molecule has 0 spiro atoms. The number of benzene rings is 2. The maximum absolute atomic E-state index is 13.4. The largest absolute Gasteiger partial charge is 0.456 e. The average Bonchev–Trinajstić information content (AvgIpc) is 2.45. The van der Waals surface area contributed by atoms with Crippen molar-refractivity contribution in [1.29, 1.82) is 0 Å². The summed E-state index contributed by atoms with van der Waals surface area (Å²) in [4.78, 5) is 0. The first-order chi connectivity index (χ1) is 10.0. The fourth-order valence-electron chi connectivity index (χ4n) is 1.96. The summed E-state index contributed by atoms with van der Waals surface area (Å²) in [5, 5.41) is 3.43. The minimum Gasteiger partial charge on any atom is -0.456 e. The van der Waals surface area contributed by atoms with Crippen LogP contribution in [0.1, 0.15) is 25.5 Å². The number of hydrogen-bond acceptors (Lipinski definition) is 2. The molecule has 1 N–H and O–H groups in total. The molecule has 21 heavy (non-hydrogen) atoms. The van der Waals surface area contributed by atoms with E-state index in [1.165, 1.54) is 12.1 Å². The Balaban J connectivity index is 2.19. The maximum atomic E-state index is 13.4. The van der Waals surface area contributed by atoms with Gasteiger partial charge in [-0.05, 0) is 59.2 Å². The Labute approximate surface area is 137 Å². The van der Waals surface area contributed by atoms with Crippen molar-refractivity contribution in [3.8, 4) is 11.5 Å². The third kappa shape index (κ3) is 4.19. The molecule has 0 bridgehead atoms. The van der Waals surface area contributed by atoms with Crippen molar-refractivity contribution in [2.75, 3.05) is 6.54 Å². The van der Waals surface area contributed by atoms with E-state index in [1.807, 2.05) is 18.2 Å². The standard InChI is InChI=1S/C16H16BrClFNO/c1-3-20-10(2)11-4-7-16(13(17)8-11)21-12-5-6-14(18)15(19)9-12/h4-10,20H,3H2,1-2H3. The molecule has 5 heteroatoms. The molecule has 0 fully saturated rings. The molecule has 112 valence electrons. The van der Waals surface area contributed by atoms with Crippen molar-refractivity contribution in [3.63, 3.8) is 0 Å². The van der Waals surface area contributed by atoms with Gasteiger partial charge >= 0.3 is 0 Å². The molecule has 2 rings (SSSR count). The summed E-state index contributed by atoms with van der Waals surface area (Å²) in [5.41, 5.74) is 1.15. The Morgan fingerprint density at radius 3 is 2.67 bits per heavy atom. The summed E-state index contributed by atoms with van der Waals surface area (Å²) < 4.78 is 19.9. The quantitative estimate of drug-likeness (QED) is 0.726. The molecule has 0 saturated carbocycles. The van der Waals surface area contributed by atoms with E-state index in [4.69, 9.17) is 16.3 Å². The maximum Gasteiger partial charge on any atom is 0.145 e. The fourth-order valence-corrected chi connectivity index (χ4v) is 2.56. The minimum absolute atomic E-state index is 0.0798. The van der Waals surface area contributed by atoms with Crippen LogP contribution in [0.25, 0.3) is 0 Å². The normalized spacial score (nSPS) is 12.2. The van der Waals surface area contributed by atoms with Crippen LogP contribution in [0, 0.1) is 5.82 Å². The second-order valence-electron chi connectivity index (χ2n) is 4.65. The molecule has 1 unspecified atom stereocenters. The predicted octanol–water partition coefficient (Wildman–Crippen LogP) is 5.70. The van der Waals surface area contributed by atoms with E-state index in [0.717, 1.165) is 16.6 Å². The summed E-state index contributed by atoms with van der Waals surface area (Å²) in [7, 11) is 0. The van der Waals surface area contributed by atoms with Crippen LogP contribution in [0.15, 0.2) is 40.9 Å². The number of rotatable bonds is 5. The third-order valence-corrected chi connectivity index (χ3v) is 4.01. The van der Waals surface area contributed by atoms with Gasteiger partial charge in [-0.3, -0.25) is 0 Å². The molecule has 0 saturated heterocycles. The Morgan fingerprint density at radius 2 is 2.05 bits per heavy atom. The van der Waals surface area contributed by atoms with E-state index in [-0.39, 0.29) is 11.1 Å². The zero-order chi connectivity index (χ0) is 15.4. The van der Waals surface area contributed by atoms with Crippen molar-refractivity contribution >= 4 is 27.5 Å². The van der Waals surface area contributed by atoms with Gasteiger partial charge in [0.1, 0.15) is 17.3 Å². The van der Waals surface area contributed by atoms with Crippen LogP contribution >= 0.6 is 27.5 Å². The van der Waals surface area contributed by atoms with Gasteiger partial charge in [-0.15, -0.1) is 0 Å². The van der Waals surface area contributed by atoms with Gasteiger partial charge in [-0.1, -0.05) is 24.6 Å². The van der Waals surface area contributed by atoms with Gasteiger partial charge in [-0.2, -0.15) is 0 Å². The monoisotopic (exact) mass is 371 g/mol. The second kappa shape index (κ2) is 7.25. The first-order valence-corrected chi connectivity index (χ1v) is 7.84. The van der Waals surface area contributed by atoms with E-state index in [0.29, 0.717) is 11.5 Å². The summed E-state index contributed by atoms with van der Waals surface area (Å²) in [6.07, 6.45) is 0. The topological polar surface area (TPSA) is 21.3 Å². The Bertz CT molecular complexity index is 636. The minimum atomic E-state index is -0.498. The molecule has 0 radical (unpaired) electrons. The summed E-state index contributed by atoms with van der Waals surface area (Å²) in [6.45, 7) is 5.07. The van der Waals surface area contributed by atoms with Crippen molar-refractivity contribution in [2.24, 2.45) is 0 Å². The Hall–Kier alpha value is -1.10. The van der Waals surface area contributed by atoms with E-state index < -0.39 is 5.82 Å². The van der Waals surface area contributed by atoms with E-state index in [2.05, 4.69) is 35.1 Å². The SMILES string of the molecule is CCNC(C)c1ccc(Oc2ccc(Cl)c(F)c2)c(Br)c1. The van der Waals surface area contributed by atoms with Gasteiger partial charge in [0.15, 0.2) is 0 Å². The molecule has 0 aliphatic heterocycles. The third-order valence-electron chi connectivity index (χ3n) is 3.09. The Kier molecular flexibility index (Phi) is 5.62. The van der Waals surface area contributed by atoms with Crippen LogP contribution in [0.2, 0.25) is 5.02 Å². The zero-order valence-electron chi connectivity index (χ0n) is 11.8. The van der Waals surface area contributed by atoms with Crippen LogP contribution in [0.3, 0.4) is 0 Å². The van der Waals surface area contributed by atoms with Gasteiger partial charge in [0.2, 0.25) is 0 Å². The second-order valence-corrected chi connectivity index (χ2v) is 5.91. The number of halogens is 3. The van der Waals surface area contributed by atoms with Crippen LogP contribution in [-0.2, 0) is 0 Å². The lowest BCUT2D eigenvalue weighted by Crippen LogP contribution is -2.17. The molecular weight excluding hydrogens is 357 g/mol. The lowest BCUT2D eigenvalue weighted by Gasteiger charge is -2.15. The van der Waals surface area contributed by atoms with E-state index in [1.54, 1.807) is 6.07 Å². The average molecular weight is 373 g/mol. The molecule has 0 aliphatic carbocycles. The van der Waals surface area contributed by atoms with E-state index >= 15 is 0 Å². The molecule has 2 aromatic carbocycles. The Morgan fingerprint density at radius 1 is 1.29 bits per heavy atom. The molecule has 0 heterocycles. The van der Waals surface area contributed by atoms with Crippen LogP contribution in [0.4, 0.5) is 4.39 Å². The highest BCUT2D eigenvalue weighted by molar-refractivity contribution is 9.10. The number of nitrogens with one attached hydrogen (secondary N) is 1. The predicted molar refractivity (Wildman–Crippen MR) is 87.7 cm³/mol. The lowest BCUT2D eigenvalue weighted by atomic mass is 10.1. The number of ether oxygens (including phenoxy) is 1. The highest BCUT2D eigenvalue weighted by Crippen LogP contribution is 2.33. The molecule has 2 aromatic rings. The van der Waals surface area contributed by atoms with Crippen LogP contribution in [-0.4, -0.2) is 6.54 Å². The van der Waals surface area contributed by atoms with Crippen molar-refractivity contribution in [2.45, 2.75) is 19.9 Å². The first kappa shape index (κ1) is 16.3. The van der Waals surface area contributed by atoms with Crippen molar-refractivity contribution < 1.29 is 9.13 Å². The van der Waals surface area contributed by atoms with Gasteiger partial charge in [0.05, 0.1) is 9.50 Å². The van der Waals surface area contributed by atoms with Crippen molar-refractivity contribution in [3.05, 3.63) is 57.3 Å². The van der Waals surface area contributed by atoms with Crippen molar-refractivity contribution in [1.82, 2.24) is 5.32 Å². The molecule has 0 aromatic heterocycles. The summed E-state index contributed by atoms with van der Waals surface area (Å²) in [5.74, 6) is 0.539. The van der Waals surface area contributed by atoms with Crippen LogP contribution in [0.5, 0.6) is 11.5 Å². The van der Waals surface area contributed by atoms with Gasteiger partial charge < -0.3 is 10.1 Å². The molecular formula is C16H16BrClFNO. The molecule has 0 aliphatic rings. The lowest BCUT2D eigenvalue weighted by molar-refractivity contribution is 0.473.